The highest BCUT2D eigenvalue weighted by Crippen LogP contribution is 2.27. The molecule has 0 fully saturated rings. The van der Waals surface area contributed by atoms with Gasteiger partial charge in [0.05, 0.1) is 16.1 Å². The topological polar surface area (TPSA) is 21.6 Å². The smallest absolute Gasteiger partial charge is 0.149 e. The molecule has 1 heterocycles. The molecule has 1 aromatic carbocycles. The Balaban J connectivity index is 2.18. The maximum atomic E-state index is 6.02. The van der Waals surface area contributed by atoms with E-state index in [1.165, 1.54) is 0 Å². The molecule has 1 aliphatic rings. The van der Waals surface area contributed by atoms with Crippen LogP contribution >= 0.6 is 39.1 Å². The van der Waals surface area contributed by atoms with E-state index in [9.17, 15) is 0 Å². The molecule has 2 nitrogen and oxygen atoms in total. The van der Waals surface area contributed by atoms with Crippen LogP contribution < -0.4 is 0 Å². The van der Waals surface area contributed by atoms with Gasteiger partial charge >= 0.3 is 0 Å². The predicted octanol–water partition coefficient (Wildman–Crippen LogP) is 4.22. The Morgan fingerprint density at radius 2 is 2.31 bits per heavy atom. The molecule has 16 heavy (non-hydrogen) atoms. The van der Waals surface area contributed by atoms with Crippen LogP contribution in [0, 0.1) is 0 Å². The Kier molecular flexibility index (Phi) is 3.77. The van der Waals surface area contributed by atoms with Crippen molar-refractivity contribution in [3.63, 3.8) is 0 Å². The van der Waals surface area contributed by atoms with Crippen LogP contribution in [0.3, 0.4) is 0 Å². The maximum Gasteiger partial charge on any atom is 0.149 e. The highest BCUT2D eigenvalue weighted by Gasteiger charge is 2.26. The van der Waals surface area contributed by atoms with Crippen LogP contribution in [-0.4, -0.2) is 17.2 Å². The van der Waals surface area contributed by atoms with E-state index in [4.69, 9.17) is 28.0 Å². The zero-order chi connectivity index (χ0) is 11.7. The third kappa shape index (κ3) is 2.53. The Morgan fingerprint density at radius 1 is 1.56 bits per heavy atom. The number of nitrogens with zero attached hydrogens (tertiary/aromatic N) is 1. The zero-order valence-electron chi connectivity index (χ0n) is 8.58. The van der Waals surface area contributed by atoms with E-state index in [-0.39, 0.29) is 11.5 Å². The molecule has 1 aliphatic heterocycles. The fraction of sp³-hybridized carbons (Fsp3) is 0.364. The summed E-state index contributed by atoms with van der Waals surface area (Å²) in [6, 6.07) is 5.73. The third-order valence-corrected chi connectivity index (χ3v) is 3.97. The number of rotatable bonds is 2. The highest BCUT2D eigenvalue weighted by molar-refractivity contribution is 9.10. The third-order valence-electron chi connectivity index (χ3n) is 2.46. The van der Waals surface area contributed by atoms with Gasteiger partial charge in [0.25, 0.3) is 0 Å². The van der Waals surface area contributed by atoms with Gasteiger partial charge < -0.3 is 4.84 Å². The number of oxime groups is 1. The first-order valence-corrected chi connectivity index (χ1v) is 6.51. The predicted molar refractivity (Wildman–Crippen MR) is 70.5 cm³/mol. The van der Waals surface area contributed by atoms with E-state index in [0.717, 1.165) is 22.2 Å². The van der Waals surface area contributed by atoms with Gasteiger partial charge in [-0.05, 0) is 35.0 Å². The van der Waals surface area contributed by atoms with Gasteiger partial charge in [0.15, 0.2) is 0 Å². The lowest BCUT2D eigenvalue weighted by molar-refractivity contribution is 0.0855. The minimum Gasteiger partial charge on any atom is -0.390 e. The molecule has 0 aliphatic carbocycles. The molecule has 2 rings (SSSR count). The van der Waals surface area contributed by atoms with Gasteiger partial charge in [0.1, 0.15) is 6.10 Å². The molecular formula is C11H10BrCl2NO. The first kappa shape index (κ1) is 12.2. The van der Waals surface area contributed by atoms with Crippen molar-refractivity contribution in [2.45, 2.75) is 24.8 Å². The summed E-state index contributed by atoms with van der Waals surface area (Å²) in [6.45, 7) is 1.90. The van der Waals surface area contributed by atoms with E-state index < -0.39 is 0 Å². The van der Waals surface area contributed by atoms with Crippen LogP contribution in [0.5, 0.6) is 0 Å². The molecule has 5 heteroatoms. The standard InChI is InChI=1S/C11H10BrCl2NO/c1-6(13)11-5-10(15-16-11)7-2-3-8(12)9(14)4-7/h2-4,6,11H,5H2,1H3. The zero-order valence-corrected chi connectivity index (χ0v) is 11.7. The van der Waals surface area contributed by atoms with E-state index in [2.05, 4.69) is 21.1 Å². The molecule has 86 valence electrons. The van der Waals surface area contributed by atoms with E-state index in [1.54, 1.807) is 0 Å². The Labute approximate surface area is 113 Å². The van der Waals surface area contributed by atoms with Crippen LogP contribution in [0.15, 0.2) is 27.8 Å². The van der Waals surface area contributed by atoms with Gasteiger partial charge in [-0.15, -0.1) is 11.6 Å². The summed E-state index contributed by atoms with van der Waals surface area (Å²) >= 11 is 15.3. The largest absolute Gasteiger partial charge is 0.390 e. The average molecular weight is 323 g/mol. The summed E-state index contributed by atoms with van der Waals surface area (Å²) in [5, 5.41) is 4.66. The van der Waals surface area contributed by atoms with Crippen molar-refractivity contribution < 1.29 is 4.84 Å². The van der Waals surface area contributed by atoms with E-state index in [1.807, 2.05) is 25.1 Å². The van der Waals surface area contributed by atoms with Crippen molar-refractivity contribution in [1.29, 1.82) is 0 Å². The Morgan fingerprint density at radius 3 is 2.88 bits per heavy atom. The van der Waals surface area contributed by atoms with Crippen molar-refractivity contribution in [3.8, 4) is 0 Å². The summed E-state index contributed by atoms with van der Waals surface area (Å²) in [5.41, 5.74) is 1.87. The van der Waals surface area contributed by atoms with Crippen molar-refractivity contribution in [2.24, 2.45) is 5.16 Å². The monoisotopic (exact) mass is 321 g/mol. The summed E-state index contributed by atoms with van der Waals surface area (Å²) in [7, 11) is 0. The number of alkyl halides is 1. The van der Waals surface area contributed by atoms with Gasteiger partial charge in [-0.1, -0.05) is 22.8 Å². The molecule has 2 unspecified atom stereocenters. The second-order valence-electron chi connectivity index (χ2n) is 3.69. The molecule has 1 aromatic rings. The fourth-order valence-electron chi connectivity index (χ4n) is 1.49. The average Bonchev–Trinajstić information content (AvgIpc) is 2.71. The van der Waals surface area contributed by atoms with Gasteiger partial charge in [-0.3, -0.25) is 0 Å². The van der Waals surface area contributed by atoms with Crippen LogP contribution in [0.1, 0.15) is 18.9 Å². The molecule has 0 saturated heterocycles. The lowest BCUT2D eigenvalue weighted by Gasteiger charge is -2.09. The van der Waals surface area contributed by atoms with Gasteiger partial charge in [0, 0.05) is 16.5 Å². The summed E-state index contributed by atoms with van der Waals surface area (Å²) < 4.78 is 0.875. The summed E-state index contributed by atoms with van der Waals surface area (Å²) in [4.78, 5) is 5.25. The van der Waals surface area contributed by atoms with Crippen molar-refractivity contribution in [1.82, 2.24) is 0 Å². The molecule has 2 atom stereocenters. The Hall–Kier alpha value is -0.250. The lowest BCUT2D eigenvalue weighted by atomic mass is 10.0. The number of hydrogen-bond acceptors (Lipinski definition) is 2. The first-order chi connectivity index (χ1) is 7.58. The number of hydrogen-bond donors (Lipinski definition) is 0. The summed E-state index contributed by atoms with van der Waals surface area (Å²) in [5.74, 6) is 0. The molecule has 0 N–H and O–H groups in total. The van der Waals surface area contributed by atoms with Gasteiger partial charge in [0.2, 0.25) is 0 Å². The lowest BCUT2D eigenvalue weighted by Crippen LogP contribution is -2.18. The normalized spacial score (nSPS) is 21.5. The highest BCUT2D eigenvalue weighted by atomic mass is 79.9. The van der Waals surface area contributed by atoms with Crippen molar-refractivity contribution in [2.75, 3.05) is 0 Å². The maximum absolute atomic E-state index is 6.02. The molecule has 0 radical (unpaired) electrons. The van der Waals surface area contributed by atoms with E-state index >= 15 is 0 Å². The fourth-order valence-corrected chi connectivity index (χ4v) is 2.05. The van der Waals surface area contributed by atoms with Crippen LogP contribution in [0.2, 0.25) is 5.02 Å². The number of benzene rings is 1. The second-order valence-corrected chi connectivity index (χ2v) is 5.64. The number of halogens is 3. The molecule has 0 spiro atoms. The van der Waals surface area contributed by atoms with E-state index in [0.29, 0.717) is 5.02 Å². The Bertz CT molecular complexity index is 434. The molecule has 0 aromatic heterocycles. The minimum atomic E-state index is -0.0489. The minimum absolute atomic E-state index is 0.0425. The second kappa shape index (κ2) is 4.94. The van der Waals surface area contributed by atoms with Crippen LogP contribution in [0.25, 0.3) is 0 Å². The quantitative estimate of drug-likeness (QED) is 0.747. The van der Waals surface area contributed by atoms with Gasteiger partial charge in [-0.2, -0.15) is 0 Å². The SMILES string of the molecule is CC(Cl)C1CC(c2ccc(Br)c(Cl)c2)=NO1. The molecular weight excluding hydrogens is 313 g/mol. The summed E-state index contributed by atoms with van der Waals surface area (Å²) in [6.07, 6.45) is 0.682. The van der Waals surface area contributed by atoms with Crippen molar-refractivity contribution in [3.05, 3.63) is 33.3 Å². The molecule has 0 bridgehead atoms. The molecule has 0 amide bonds. The van der Waals surface area contributed by atoms with Gasteiger partial charge in [-0.25, -0.2) is 0 Å². The first-order valence-electron chi connectivity index (χ1n) is 4.90. The molecule has 0 saturated carbocycles. The van der Waals surface area contributed by atoms with Crippen molar-refractivity contribution >= 4 is 44.8 Å². The van der Waals surface area contributed by atoms with Crippen LogP contribution in [-0.2, 0) is 4.84 Å². The van der Waals surface area contributed by atoms with Crippen LogP contribution in [0.4, 0.5) is 0 Å².